The van der Waals surface area contributed by atoms with Gasteiger partial charge in [0.15, 0.2) is 0 Å². The second kappa shape index (κ2) is 2.17. The van der Waals surface area contributed by atoms with Crippen LogP contribution in [0.5, 0.6) is 0 Å². The summed E-state index contributed by atoms with van der Waals surface area (Å²) in [6, 6.07) is 0.543. The van der Waals surface area contributed by atoms with E-state index < -0.39 is 8.53 Å². The van der Waals surface area contributed by atoms with Gasteiger partial charge in [-0.3, -0.25) is 0 Å². The molecule has 3 nitrogen and oxygen atoms in total. The van der Waals surface area contributed by atoms with Gasteiger partial charge in [-0.05, 0) is 12.8 Å². The molecular weight excluding hydrogens is 137 g/mol. The van der Waals surface area contributed by atoms with Crippen LogP contribution >= 0.6 is 8.53 Å². The van der Waals surface area contributed by atoms with Gasteiger partial charge in [0.1, 0.15) is 0 Å². The molecule has 0 radical (unpaired) electrons. The zero-order valence-electron chi connectivity index (χ0n) is 5.16. The average molecular weight is 147 g/mol. The lowest BCUT2D eigenvalue weighted by atomic mass is 10.2. The Morgan fingerprint density at radius 1 is 1.67 bits per heavy atom. The van der Waals surface area contributed by atoms with E-state index in [-0.39, 0.29) is 0 Å². The lowest BCUT2D eigenvalue weighted by Crippen LogP contribution is -2.19. The van der Waals surface area contributed by atoms with E-state index in [2.05, 4.69) is 4.67 Å². The molecule has 2 saturated heterocycles. The van der Waals surface area contributed by atoms with Gasteiger partial charge in [0.25, 0.3) is 8.53 Å². The molecule has 0 bridgehead atoms. The normalized spacial score (nSPS) is 43.7. The van der Waals surface area contributed by atoms with E-state index in [0.717, 1.165) is 13.2 Å². The molecule has 4 heteroatoms. The number of nitrogens with zero attached hydrogens (tertiary/aromatic N) is 1. The van der Waals surface area contributed by atoms with E-state index in [4.69, 9.17) is 9.42 Å². The van der Waals surface area contributed by atoms with E-state index in [0.29, 0.717) is 6.04 Å². The maximum absolute atomic E-state index is 9.17. The predicted molar refractivity (Wildman–Crippen MR) is 34.8 cm³/mol. The quantitative estimate of drug-likeness (QED) is 0.512. The Labute approximate surface area is 55.6 Å². The van der Waals surface area contributed by atoms with Crippen LogP contribution in [0.1, 0.15) is 12.8 Å². The second-order valence-corrected chi connectivity index (χ2v) is 3.79. The maximum atomic E-state index is 9.17. The van der Waals surface area contributed by atoms with Gasteiger partial charge in [0.2, 0.25) is 0 Å². The molecular formula is C5H10NO2P. The molecule has 1 N–H and O–H groups in total. The molecule has 2 fully saturated rings. The summed E-state index contributed by atoms with van der Waals surface area (Å²) in [5.74, 6) is 0. The highest BCUT2D eigenvalue weighted by atomic mass is 31.2. The summed E-state index contributed by atoms with van der Waals surface area (Å²) in [6.45, 7) is 1.79. The fourth-order valence-electron chi connectivity index (χ4n) is 1.44. The molecule has 0 aromatic heterocycles. The third-order valence-electron chi connectivity index (χ3n) is 1.95. The molecule has 0 aromatic carbocycles. The monoisotopic (exact) mass is 147 g/mol. The molecule has 52 valence electrons. The Kier molecular flexibility index (Phi) is 1.46. The van der Waals surface area contributed by atoms with Crippen molar-refractivity contribution in [1.82, 2.24) is 4.67 Å². The van der Waals surface area contributed by atoms with Crippen molar-refractivity contribution in [2.24, 2.45) is 0 Å². The minimum absolute atomic E-state index is 0.543. The fourth-order valence-corrected chi connectivity index (χ4v) is 2.67. The molecule has 0 amide bonds. The first kappa shape index (κ1) is 6.05. The smallest absolute Gasteiger partial charge is 0.256 e. The van der Waals surface area contributed by atoms with Crippen molar-refractivity contribution < 1.29 is 9.42 Å². The lowest BCUT2D eigenvalue weighted by molar-refractivity contribution is 0.326. The van der Waals surface area contributed by atoms with Crippen LogP contribution in [-0.4, -0.2) is 28.8 Å². The van der Waals surface area contributed by atoms with Gasteiger partial charge >= 0.3 is 0 Å². The van der Waals surface area contributed by atoms with Crippen LogP contribution in [0.15, 0.2) is 0 Å². The Balaban J connectivity index is 2.07. The second-order valence-electron chi connectivity index (χ2n) is 2.51. The molecule has 2 unspecified atom stereocenters. The highest BCUT2D eigenvalue weighted by Gasteiger charge is 2.37. The van der Waals surface area contributed by atoms with Crippen molar-refractivity contribution in [2.75, 3.05) is 13.2 Å². The highest BCUT2D eigenvalue weighted by Crippen LogP contribution is 2.48. The molecule has 9 heavy (non-hydrogen) atoms. The van der Waals surface area contributed by atoms with Crippen molar-refractivity contribution in [2.45, 2.75) is 18.9 Å². The zero-order valence-corrected chi connectivity index (χ0v) is 6.05. The Morgan fingerprint density at radius 3 is 3.33 bits per heavy atom. The van der Waals surface area contributed by atoms with E-state index in [9.17, 15) is 0 Å². The van der Waals surface area contributed by atoms with Crippen LogP contribution < -0.4 is 0 Å². The molecule has 0 spiro atoms. The highest BCUT2D eigenvalue weighted by molar-refractivity contribution is 7.43. The van der Waals surface area contributed by atoms with Gasteiger partial charge < -0.3 is 9.42 Å². The predicted octanol–water partition coefficient (Wildman–Crippen LogP) is 0.700. The molecule has 2 aliphatic rings. The summed E-state index contributed by atoms with van der Waals surface area (Å²) in [5, 5.41) is 0. The number of hydrogen-bond acceptors (Lipinski definition) is 3. The molecule has 2 rings (SSSR count). The summed E-state index contributed by atoms with van der Waals surface area (Å²) in [6.07, 6.45) is 2.44. The number of hydrogen-bond donors (Lipinski definition) is 1. The lowest BCUT2D eigenvalue weighted by Gasteiger charge is -2.13. The van der Waals surface area contributed by atoms with Gasteiger partial charge in [0, 0.05) is 12.6 Å². The summed E-state index contributed by atoms with van der Waals surface area (Å²) < 4.78 is 7.14. The minimum atomic E-state index is -1.17. The van der Waals surface area contributed by atoms with Crippen LogP contribution in [0.25, 0.3) is 0 Å². The largest absolute Gasteiger partial charge is 0.338 e. The van der Waals surface area contributed by atoms with Crippen molar-refractivity contribution >= 4 is 8.53 Å². The first-order valence-electron chi connectivity index (χ1n) is 3.26. The zero-order chi connectivity index (χ0) is 6.27. The van der Waals surface area contributed by atoms with Gasteiger partial charge in [-0.25, -0.2) is 4.67 Å². The number of fused-ring (bicyclic) bond motifs is 1. The van der Waals surface area contributed by atoms with E-state index in [1.54, 1.807) is 0 Å². The van der Waals surface area contributed by atoms with Crippen LogP contribution in [0.4, 0.5) is 0 Å². The van der Waals surface area contributed by atoms with Crippen molar-refractivity contribution in [1.29, 1.82) is 0 Å². The third kappa shape index (κ3) is 0.887. The summed E-state index contributed by atoms with van der Waals surface area (Å²) in [4.78, 5) is 9.17. The average Bonchev–Trinajstić information content (AvgIpc) is 2.35. The van der Waals surface area contributed by atoms with E-state index in [1.165, 1.54) is 12.8 Å². The van der Waals surface area contributed by atoms with E-state index in [1.807, 2.05) is 0 Å². The molecule has 2 heterocycles. The van der Waals surface area contributed by atoms with Crippen molar-refractivity contribution in [3.8, 4) is 0 Å². The van der Waals surface area contributed by atoms with Crippen LogP contribution in [0.2, 0.25) is 0 Å². The SMILES string of the molecule is OP1OCC2CCCN21. The van der Waals surface area contributed by atoms with Gasteiger partial charge in [0.05, 0.1) is 6.61 Å². The van der Waals surface area contributed by atoms with Gasteiger partial charge in [-0.15, -0.1) is 0 Å². The van der Waals surface area contributed by atoms with E-state index >= 15 is 0 Å². The Hall–Kier alpha value is 0.310. The standard InChI is InChI=1S/C5H10NO2P/c7-9-6-3-1-2-5(6)4-8-9/h5,7H,1-4H2. The van der Waals surface area contributed by atoms with Crippen LogP contribution in [0, 0.1) is 0 Å². The molecule has 0 aliphatic carbocycles. The Bertz CT molecular complexity index is 122. The third-order valence-corrected chi connectivity index (χ3v) is 3.29. The first-order valence-corrected chi connectivity index (χ1v) is 4.43. The summed E-state index contributed by atoms with van der Waals surface area (Å²) in [5.41, 5.74) is 0. The molecule has 0 saturated carbocycles. The fraction of sp³-hybridized carbons (Fsp3) is 1.00. The molecule has 0 aromatic rings. The van der Waals surface area contributed by atoms with Gasteiger partial charge in [-0.1, -0.05) is 0 Å². The van der Waals surface area contributed by atoms with Crippen molar-refractivity contribution in [3.63, 3.8) is 0 Å². The van der Waals surface area contributed by atoms with Crippen molar-refractivity contribution in [3.05, 3.63) is 0 Å². The Morgan fingerprint density at radius 2 is 2.56 bits per heavy atom. The number of rotatable bonds is 0. The maximum Gasteiger partial charge on any atom is 0.256 e. The van der Waals surface area contributed by atoms with Crippen LogP contribution in [0.3, 0.4) is 0 Å². The molecule has 2 aliphatic heterocycles. The minimum Gasteiger partial charge on any atom is -0.338 e. The summed E-state index contributed by atoms with van der Waals surface area (Å²) in [7, 11) is -1.17. The topological polar surface area (TPSA) is 32.7 Å². The summed E-state index contributed by atoms with van der Waals surface area (Å²) >= 11 is 0. The van der Waals surface area contributed by atoms with Crippen LogP contribution in [-0.2, 0) is 4.52 Å². The molecule has 2 atom stereocenters. The first-order chi connectivity index (χ1) is 4.38. The van der Waals surface area contributed by atoms with Gasteiger partial charge in [-0.2, -0.15) is 0 Å².